The van der Waals surface area contributed by atoms with Gasteiger partial charge in [-0.3, -0.25) is 14.4 Å². The number of phenolic OH excluding ortho intramolecular Hbond substituents is 1. The van der Waals surface area contributed by atoms with Crippen LogP contribution in [0.25, 0.3) is 10.9 Å². The number of para-hydroxylation sites is 1. The second-order valence-electron chi connectivity index (χ2n) is 10.4. The summed E-state index contributed by atoms with van der Waals surface area (Å²) in [5.41, 5.74) is 9.06. The lowest BCUT2D eigenvalue weighted by molar-refractivity contribution is -0.142. The van der Waals surface area contributed by atoms with Gasteiger partial charge in [0.05, 0.1) is 12.6 Å². The van der Waals surface area contributed by atoms with Crippen LogP contribution in [-0.2, 0) is 38.4 Å². The van der Waals surface area contributed by atoms with Crippen molar-refractivity contribution in [2.75, 3.05) is 6.61 Å². The fourth-order valence-corrected chi connectivity index (χ4v) is 4.78. The van der Waals surface area contributed by atoms with Gasteiger partial charge in [-0.1, -0.05) is 60.7 Å². The third-order valence-corrected chi connectivity index (χ3v) is 7.17. The molecule has 230 valence electrons. The Morgan fingerprint density at radius 3 is 1.98 bits per heavy atom. The molecule has 4 atom stereocenters. The van der Waals surface area contributed by atoms with Crippen molar-refractivity contribution < 1.29 is 34.5 Å². The molecule has 12 nitrogen and oxygen atoms in total. The van der Waals surface area contributed by atoms with Crippen molar-refractivity contribution in [2.45, 2.75) is 43.4 Å². The number of carbonyl (C=O) groups excluding carboxylic acids is 3. The first-order valence-corrected chi connectivity index (χ1v) is 14.0. The van der Waals surface area contributed by atoms with Crippen molar-refractivity contribution in [2.24, 2.45) is 5.73 Å². The molecule has 0 fully saturated rings. The lowest BCUT2D eigenvalue weighted by Gasteiger charge is -2.24. The summed E-state index contributed by atoms with van der Waals surface area (Å²) in [5.74, 6) is -3.51. The van der Waals surface area contributed by atoms with Gasteiger partial charge in [-0.2, -0.15) is 0 Å². The maximum absolute atomic E-state index is 13.5. The molecular formula is C32H35N5O7. The molecule has 0 aliphatic carbocycles. The van der Waals surface area contributed by atoms with Crippen LogP contribution in [0.1, 0.15) is 16.7 Å². The Hall–Kier alpha value is -5.20. The Kier molecular flexibility index (Phi) is 10.7. The number of H-pyrrole nitrogens is 1. The van der Waals surface area contributed by atoms with E-state index in [1.165, 1.54) is 12.1 Å². The normalized spacial score (nSPS) is 13.8. The van der Waals surface area contributed by atoms with E-state index in [1.807, 2.05) is 24.3 Å². The zero-order valence-corrected chi connectivity index (χ0v) is 23.8. The average molecular weight is 602 g/mol. The van der Waals surface area contributed by atoms with Crippen LogP contribution >= 0.6 is 0 Å². The van der Waals surface area contributed by atoms with E-state index in [-0.39, 0.29) is 25.0 Å². The number of hydrogen-bond acceptors (Lipinski definition) is 7. The molecule has 0 spiro atoms. The maximum atomic E-state index is 13.5. The number of nitrogens with two attached hydrogens (primary N) is 1. The quantitative estimate of drug-likeness (QED) is 0.103. The van der Waals surface area contributed by atoms with Crippen molar-refractivity contribution in [1.29, 1.82) is 0 Å². The first kappa shape index (κ1) is 31.7. The number of aliphatic carboxylic acids is 1. The van der Waals surface area contributed by atoms with E-state index in [4.69, 9.17) is 5.73 Å². The zero-order chi connectivity index (χ0) is 31.6. The standard InChI is InChI=1S/C32H35N5O7/c33-24(14-20-10-12-22(39)13-11-20)29(40)35-26(16-21-17-34-25-9-5-4-8-23(21)25)30(41)37-28(18-38)31(42)36-27(32(43)44)15-19-6-2-1-3-7-19/h1-13,17,24,26-28,34,38-39H,14-16,18,33H2,(H,35,40)(H,36,42)(H,37,41)(H,43,44). The molecule has 12 heteroatoms. The molecular weight excluding hydrogens is 566 g/mol. The van der Waals surface area contributed by atoms with Crippen molar-refractivity contribution in [3.8, 4) is 5.75 Å². The monoisotopic (exact) mass is 601 g/mol. The Balaban J connectivity index is 1.49. The minimum atomic E-state index is -1.49. The number of benzene rings is 3. The number of carboxylic acid groups (broad SMARTS) is 1. The fraction of sp³-hybridized carbons (Fsp3) is 0.250. The van der Waals surface area contributed by atoms with E-state index in [0.717, 1.165) is 10.9 Å². The van der Waals surface area contributed by atoms with Gasteiger partial charge in [0, 0.05) is 29.9 Å². The van der Waals surface area contributed by atoms with Crippen LogP contribution in [0.4, 0.5) is 0 Å². The van der Waals surface area contributed by atoms with Gasteiger partial charge in [0.15, 0.2) is 0 Å². The number of phenols is 1. The van der Waals surface area contributed by atoms with Crippen LogP contribution < -0.4 is 21.7 Å². The van der Waals surface area contributed by atoms with Crippen molar-refractivity contribution in [1.82, 2.24) is 20.9 Å². The van der Waals surface area contributed by atoms with Crippen LogP contribution in [-0.4, -0.2) is 74.8 Å². The minimum absolute atomic E-state index is 0.00776. The summed E-state index contributed by atoms with van der Waals surface area (Å²) in [6.45, 7) is -0.816. The molecule has 44 heavy (non-hydrogen) atoms. The van der Waals surface area contributed by atoms with Crippen LogP contribution in [0.3, 0.4) is 0 Å². The number of hydrogen-bond donors (Lipinski definition) is 8. The number of aliphatic hydroxyl groups is 1. The molecule has 0 aliphatic heterocycles. The van der Waals surface area contributed by atoms with Gasteiger partial charge in [-0.15, -0.1) is 0 Å². The fourth-order valence-electron chi connectivity index (χ4n) is 4.78. The van der Waals surface area contributed by atoms with E-state index in [2.05, 4.69) is 20.9 Å². The summed E-state index contributed by atoms with van der Waals surface area (Å²) in [7, 11) is 0. The minimum Gasteiger partial charge on any atom is -0.508 e. The third-order valence-electron chi connectivity index (χ3n) is 7.17. The molecule has 0 aliphatic rings. The number of amides is 3. The lowest BCUT2D eigenvalue weighted by Crippen LogP contribution is -2.58. The van der Waals surface area contributed by atoms with Gasteiger partial charge < -0.3 is 42.0 Å². The number of fused-ring (bicyclic) bond motifs is 1. The molecule has 9 N–H and O–H groups in total. The summed E-state index contributed by atoms with van der Waals surface area (Å²) < 4.78 is 0. The lowest BCUT2D eigenvalue weighted by atomic mass is 10.0. The summed E-state index contributed by atoms with van der Waals surface area (Å²) in [5, 5.41) is 37.5. The van der Waals surface area contributed by atoms with Crippen molar-refractivity contribution in [3.63, 3.8) is 0 Å². The second kappa shape index (κ2) is 14.8. The van der Waals surface area contributed by atoms with E-state index < -0.39 is 54.5 Å². The van der Waals surface area contributed by atoms with E-state index >= 15 is 0 Å². The first-order valence-electron chi connectivity index (χ1n) is 14.0. The number of carbonyl (C=O) groups is 4. The number of aromatic hydroxyl groups is 1. The molecule has 3 aromatic carbocycles. The van der Waals surface area contributed by atoms with Gasteiger partial charge in [-0.05, 0) is 41.3 Å². The molecule has 0 radical (unpaired) electrons. The molecule has 1 aromatic heterocycles. The second-order valence-corrected chi connectivity index (χ2v) is 10.4. The van der Waals surface area contributed by atoms with E-state index in [9.17, 15) is 34.5 Å². The van der Waals surface area contributed by atoms with Crippen LogP contribution in [0, 0.1) is 0 Å². The topological polar surface area (TPSA) is 207 Å². The third kappa shape index (κ3) is 8.43. The highest BCUT2D eigenvalue weighted by Crippen LogP contribution is 2.19. The van der Waals surface area contributed by atoms with Crippen LogP contribution in [0.15, 0.2) is 85.1 Å². The number of nitrogens with one attached hydrogen (secondary N) is 4. The predicted molar refractivity (Wildman–Crippen MR) is 162 cm³/mol. The van der Waals surface area contributed by atoms with Gasteiger partial charge in [-0.25, -0.2) is 4.79 Å². The molecule has 0 saturated heterocycles. The molecule has 1 heterocycles. The summed E-state index contributed by atoms with van der Waals surface area (Å²) >= 11 is 0. The molecule has 0 bridgehead atoms. The Morgan fingerprint density at radius 1 is 0.705 bits per heavy atom. The highest BCUT2D eigenvalue weighted by Gasteiger charge is 2.31. The highest BCUT2D eigenvalue weighted by molar-refractivity contribution is 5.95. The smallest absolute Gasteiger partial charge is 0.326 e. The molecule has 4 unspecified atom stereocenters. The van der Waals surface area contributed by atoms with Gasteiger partial charge in [0.1, 0.15) is 23.9 Å². The Morgan fingerprint density at radius 2 is 1.30 bits per heavy atom. The molecule has 4 rings (SSSR count). The van der Waals surface area contributed by atoms with E-state index in [0.29, 0.717) is 16.7 Å². The Bertz CT molecular complexity index is 1590. The summed E-state index contributed by atoms with van der Waals surface area (Å²) in [6, 6.07) is 17.3. The molecule has 4 aromatic rings. The number of rotatable bonds is 14. The van der Waals surface area contributed by atoms with Crippen LogP contribution in [0.5, 0.6) is 5.75 Å². The molecule has 0 saturated carbocycles. The average Bonchev–Trinajstić information content (AvgIpc) is 3.43. The van der Waals surface area contributed by atoms with Gasteiger partial charge in [0.2, 0.25) is 17.7 Å². The summed E-state index contributed by atoms with van der Waals surface area (Å²) in [6.07, 6.45) is 1.86. The number of aromatic amines is 1. The number of carboxylic acids is 1. The zero-order valence-electron chi connectivity index (χ0n) is 23.8. The van der Waals surface area contributed by atoms with Crippen molar-refractivity contribution in [3.05, 3.63) is 102 Å². The van der Waals surface area contributed by atoms with E-state index in [1.54, 1.807) is 48.7 Å². The highest BCUT2D eigenvalue weighted by atomic mass is 16.4. The van der Waals surface area contributed by atoms with Crippen molar-refractivity contribution >= 4 is 34.6 Å². The number of aliphatic hydroxyl groups excluding tert-OH is 1. The Labute approximate surface area is 253 Å². The maximum Gasteiger partial charge on any atom is 0.326 e. The molecule has 3 amide bonds. The van der Waals surface area contributed by atoms with Gasteiger partial charge in [0.25, 0.3) is 0 Å². The largest absolute Gasteiger partial charge is 0.508 e. The van der Waals surface area contributed by atoms with Gasteiger partial charge >= 0.3 is 5.97 Å². The first-order chi connectivity index (χ1) is 21.1. The summed E-state index contributed by atoms with van der Waals surface area (Å²) in [4.78, 5) is 54.7. The number of aromatic nitrogens is 1. The SMILES string of the molecule is NC(Cc1ccc(O)cc1)C(=O)NC(Cc1c[nH]c2ccccc12)C(=O)NC(CO)C(=O)NC(Cc1ccccc1)C(=O)O. The van der Waals surface area contributed by atoms with Crippen LogP contribution in [0.2, 0.25) is 0 Å². The predicted octanol–water partition coefficient (Wildman–Crippen LogP) is 0.760.